The van der Waals surface area contributed by atoms with Crippen LogP contribution in [-0.4, -0.2) is 45.4 Å². The van der Waals surface area contributed by atoms with Crippen molar-refractivity contribution in [3.63, 3.8) is 0 Å². The van der Waals surface area contributed by atoms with Crippen LogP contribution < -0.4 is 0 Å². The van der Waals surface area contributed by atoms with Crippen LogP contribution in [0.5, 0.6) is 0 Å². The van der Waals surface area contributed by atoms with Gasteiger partial charge in [0.15, 0.2) is 5.69 Å². The van der Waals surface area contributed by atoms with Gasteiger partial charge < -0.3 is 9.64 Å². The number of benzene rings is 2. The standard InChI is InChI=1S/C22H24N4O3/c1-16-8-7-11-19(14-16)26-17(2)21(23-24-26)22(28)25(13-12-20(27)29-3)15-18-9-5-4-6-10-18/h4-11,14H,12-13,15H2,1-3H3. The van der Waals surface area contributed by atoms with Crippen LogP contribution in [0.2, 0.25) is 0 Å². The normalized spacial score (nSPS) is 10.6. The molecule has 0 aliphatic carbocycles. The Morgan fingerprint density at radius 3 is 2.52 bits per heavy atom. The molecule has 0 radical (unpaired) electrons. The maximum atomic E-state index is 13.2. The lowest BCUT2D eigenvalue weighted by Gasteiger charge is -2.21. The zero-order valence-electron chi connectivity index (χ0n) is 16.8. The van der Waals surface area contributed by atoms with Crippen molar-refractivity contribution in [3.8, 4) is 5.69 Å². The van der Waals surface area contributed by atoms with E-state index in [0.29, 0.717) is 12.2 Å². The first kappa shape index (κ1) is 20.3. The van der Waals surface area contributed by atoms with Crippen molar-refractivity contribution in [1.82, 2.24) is 19.9 Å². The van der Waals surface area contributed by atoms with E-state index in [4.69, 9.17) is 4.74 Å². The smallest absolute Gasteiger partial charge is 0.307 e. The van der Waals surface area contributed by atoms with Gasteiger partial charge in [-0.1, -0.05) is 47.7 Å². The van der Waals surface area contributed by atoms with E-state index in [2.05, 4.69) is 10.3 Å². The van der Waals surface area contributed by atoms with E-state index in [9.17, 15) is 9.59 Å². The van der Waals surface area contributed by atoms with Crippen LogP contribution in [0.1, 0.15) is 33.7 Å². The van der Waals surface area contributed by atoms with Crippen LogP contribution in [0, 0.1) is 13.8 Å². The molecule has 7 nitrogen and oxygen atoms in total. The Bertz CT molecular complexity index is 998. The second-order valence-corrected chi connectivity index (χ2v) is 6.81. The summed E-state index contributed by atoms with van der Waals surface area (Å²) in [6.07, 6.45) is 0.111. The number of esters is 1. The fourth-order valence-corrected chi connectivity index (χ4v) is 3.07. The molecule has 0 bridgehead atoms. The molecule has 0 atom stereocenters. The molecule has 1 aromatic heterocycles. The summed E-state index contributed by atoms with van der Waals surface area (Å²) >= 11 is 0. The quantitative estimate of drug-likeness (QED) is 0.578. The lowest BCUT2D eigenvalue weighted by atomic mass is 10.2. The molecule has 0 saturated heterocycles. The maximum Gasteiger partial charge on any atom is 0.307 e. The van der Waals surface area contributed by atoms with Gasteiger partial charge in [-0.2, -0.15) is 0 Å². The molecule has 0 fully saturated rings. The largest absolute Gasteiger partial charge is 0.469 e. The molecule has 0 spiro atoms. The van der Waals surface area contributed by atoms with Crippen LogP contribution in [0.3, 0.4) is 0 Å². The molecule has 1 heterocycles. The monoisotopic (exact) mass is 392 g/mol. The second kappa shape index (κ2) is 9.14. The van der Waals surface area contributed by atoms with Crippen molar-refractivity contribution in [2.75, 3.05) is 13.7 Å². The zero-order chi connectivity index (χ0) is 20.8. The SMILES string of the molecule is COC(=O)CCN(Cc1ccccc1)C(=O)c1nnn(-c2cccc(C)c2)c1C. The van der Waals surface area contributed by atoms with Crippen LogP contribution >= 0.6 is 0 Å². The fourth-order valence-electron chi connectivity index (χ4n) is 3.07. The maximum absolute atomic E-state index is 13.2. The predicted molar refractivity (Wildman–Crippen MR) is 109 cm³/mol. The van der Waals surface area contributed by atoms with Crippen LogP contribution in [-0.2, 0) is 16.1 Å². The molecule has 0 saturated carbocycles. The molecule has 3 rings (SSSR count). The first-order valence-electron chi connectivity index (χ1n) is 9.39. The zero-order valence-corrected chi connectivity index (χ0v) is 16.8. The Morgan fingerprint density at radius 1 is 1.07 bits per heavy atom. The van der Waals surface area contributed by atoms with E-state index < -0.39 is 0 Å². The van der Waals surface area contributed by atoms with Gasteiger partial charge in [0.1, 0.15) is 0 Å². The third-order valence-electron chi connectivity index (χ3n) is 4.66. The summed E-state index contributed by atoms with van der Waals surface area (Å²) in [6, 6.07) is 17.5. The van der Waals surface area contributed by atoms with Gasteiger partial charge in [0.25, 0.3) is 5.91 Å². The topological polar surface area (TPSA) is 77.3 Å². The molecule has 3 aromatic rings. The molecule has 150 valence electrons. The molecule has 29 heavy (non-hydrogen) atoms. The fraction of sp³-hybridized carbons (Fsp3) is 0.273. The van der Waals surface area contributed by atoms with E-state index in [1.165, 1.54) is 7.11 Å². The summed E-state index contributed by atoms with van der Waals surface area (Å²) in [5.41, 5.74) is 3.82. The summed E-state index contributed by atoms with van der Waals surface area (Å²) in [5, 5.41) is 8.31. The number of amides is 1. The van der Waals surface area contributed by atoms with E-state index in [-0.39, 0.29) is 30.5 Å². The number of aromatic nitrogens is 3. The third kappa shape index (κ3) is 4.87. The Kier molecular flexibility index (Phi) is 6.39. The Morgan fingerprint density at radius 2 is 1.83 bits per heavy atom. The Balaban J connectivity index is 1.87. The minimum absolute atomic E-state index is 0.111. The van der Waals surface area contributed by atoms with Crippen molar-refractivity contribution in [1.29, 1.82) is 0 Å². The highest BCUT2D eigenvalue weighted by atomic mass is 16.5. The van der Waals surface area contributed by atoms with Gasteiger partial charge >= 0.3 is 5.97 Å². The molecule has 0 N–H and O–H groups in total. The lowest BCUT2D eigenvalue weighted by Crippen LogP contribution is -2.33. The molecule has 1 amide bonds. The molecule has 7 heteroatoms. The molecular weight excluding hydrogens is 368 g/mol. The third-order valence-corrected chi connectivity index (χ3v) is 4.66. The van der Waals surface area contributed by atoms with Gasteiger partial charge in [0.05, 0.1) is 24.9 Å². The van der Waals surface area contributed by atoms with Gasteiger partial charge in [-0.15, -0.1) is 5.10 Å². The number of nitrogens with zero attached hydrogens (tertiary/aromatic N) is 4. The van der Waals surface area contributed by atoms with Gasteiger partial charge in [-0.3, -0.25) is 9.59 Å². The van der Waals surface area contributed by atoms with Gasteiger partial charge in [0, 0.05) is 13.1 Å². The van der Waals surface area contributed by atoms with E-state index >= 15 is 0 Å². The average Bonchev–Trinajstić information content (AvgIpc) is 3.12. The van der Waals surface area contributed by atoms with Gasteiger partial charge in [-0.05, 0) is 37.1 Å². The number of carbonyl (C=O) groups is 2. The van der Waals surface area contributed by atoms with Crippen molar-refractivity contribution < 1.29 is 14.3 Å². The number of hydrogen-bond donors (Lipinski definition) is 0. The summed E-state index contributed by atoms with van der Waals surface area (Å²) in [5.74, 6) is -0.634. The highest BCUT2D eigenvalue weighted by Gasteiger charge is 2.24. The first-order valence-corrected chi connectivity index (χ1v) is 9.39. The number of rotatable bonds is 7. The van der Waals surface area contributed by atoms with Crippen molar-refractivity contribution in [3.05, 3.63) is 77.1 Å². The van der Waals surface area contributed by atoms with E-state index in [1.807, 2.05) is 68.4 Å². The molecular formula is C22H24N4O3. The summed E-state index contributed by atoms with van der Waals surface area (Å²) in [6.45, 7) is 4.41. The number of methoxy groups -OCH3 is 1. The van der Waals surface area contributed by atoms with E-state index in [1.54, 1.807) is 9.58 Å². The lowest BCUT2D eigenvalue weighted by molar-refractivity contribution is -0.140. The minimum Gasteiger partial charge on any atom is -0.469 e. The summed E-state index contributed by atoms with van der Waals surface area (Å²) in [4.78, 5) is 26.5. The number of ether oxygens (including phenoxy) is 1. The van der Waals surface area contributed by atoms with Gasteiger partial charge in [0.2, 0.25) is 0 Å². The van der Waals surface area contributed by atoms with Crippen LogP contribution in [0.25, 0.3) is 5.69 Å². The molecule has 0 unspecified atom stereocenters. The highest BCUT2D eigenvalue weighted by molar-refractivity contribution is 5.93. The Hall–Kier alpha value is -3.48. The number of hydrogen-bond acceptors (Lipinski definition) is 5. The number of aryl methyl sites for hydroxylation is 1. The van der Waals surface area contributed by atoms with Crippen molar-refractivity contribution in [2.24, 2.45) is 0 Å². The van der Waals surface area contributed by atoms with Gasteiger partial charge in [-0.25, -0.2) is 4.68 Å². The molecule has 0 aliphatic heterocycles. The predicted octanol–water partition coefficient (Wildman–Crippen LogP) is 3.09. The van der Waals surface area contributed by atoms with E-state index in [0.717, 1.165) is 16.8 Å². The molecule has 2 aromatic carbocycles. The first-order chi connectivity index (χ1) is 14.0. The van der Waals surface area contributed by atoms with Crippen molar-refractivity contribution in [2.45, 2.75) is 26.8 Å². The summed E-state index contributed by atoms with van der Waals surface area (Å²) < 4.78 is 6.38. The number of carbonyl (C=O) groups excluding carboxylic acids is 2. The molecule has 0 aliphatic rings. The Labute approximate surface area is 169 Å². The van der Waals surface area contributed by atoms with Crippen molar-refractivity contribution >= 4 is 11.9 Å². The highest BCUT2D eigenvalue weighted by Crippen LogP contribution is 2.16. The minimum atomic E-state index is -0.365. The summed E-state index contributed by atoms with van der Waals surface area (Å²) in [7, 11) is 1.34. The van der Waals surface area contributed by atoms with Crippen LogP contribution in [0.4, 0.5) is 0 Å². The van der Waals surface area contributed by atoms with Crippen LogP contribution in [0.15, 0.2) is 54.6 Å². The second-order valence-electron chi connectivity index (χ2n) is 6.81. The average molecular weight is 392 g/mol.